The zero-order valence-electron chi connectivity index (χ0n) is 4.74. The molecule has 3 heteroatoms. The van der Waals surface area contributed by atoms with Crippen LogP contribution in [0.15, 0.2) is 24.5 Å². The SMILES string of the molecule is NC(=[Se])c1cccnc1. The molecule has 0 spiro atoms. The third kappa shape index (κ3) is 1.63. The zero-order valence-corrected chi connectivity index (χ0v) is 6.46. The van der Waals surface area contributed by atoms with Gasteiger partial charge < -0.3 is 0 Å². The summed E-state index contributed by atoms with van der Waals surface area (Å²) in [7, 11) is 0. The fourth-order valence-electron chi connectivity index (χ4n) is 0.509. The molecule has 0 amide bonds. The second-order valence-corrected chi connectivity index (χ2v) is 2.53. The first-order chi connectivity index (χ1) is 4.30. The third-order valence-electron chi connectivity index (χ3n) is 0.946. The van der Waals surface area contributed by atoms with E-state index >= 15 is 0 Å². The Morgan fingerprint density at radius 3 is 2.78 bits per heavy atom. The molecule has 9 heavy (non-hydrogen) atoms. The number of hydrogen-bond donors (Lipinski definition) is 1. The van der Waals surface area contributed by atoms with E-state index in [4.69, 9.17) is 5.73 Å². The van der Waals surface area contributed by atoms with Crippen molar-refractivity contribution >= 4 is 20.1 Å². The molecule has 0 aromatic carbocycles. The summed E-state index contributed by atoms with van der Waals surface area (Å²) < 4.78 is 0.683. The van der Waals surface area contributed by atoms with Gasteiger partial charge in [-0.2, -0.15) is 0 Å². The summed E-state index contributed by atoms with van der Waals surface area (Å²) in [5.74, 6) is 0. The normalized spacial score (nSPS) is 8.89. The van der Waals surface area contributed by atoms with E-state index < -0.39 is 0 Å². The van der Waals surface area contributed by atoms with E-state index in [0.717, 1.165) is 5.56 Å². The Morgan fingerprint density at radius 1 is 1.67 bits per heavy atom. The number of hydrogen-bond acceptors (Lipinski definition) is 2. The Labute approximate surface area is 61.5 Å². The molecule has 1 aromatic rings. The van der Waals surface area contributed by atoms with Crippen LogP contribution in [0.2, 0.25) is 0 Å². The maximum absolute atomic E-state index is 5.43. The van der Waals surface area contributed by atoms with Crippen LogP contribution in [0, 0.1) is 0 Å². The number of rotatable bonds is 1. The van der Waals surface area contributed by atoms with Crippen molar-refractivity contribution in [3.8, 4) is 0 Å². The van der Waals surface area contributed by atoms with Crippen molar-refractivity contribution in [2.45, 2.75) is 0 Å². The van der Waals surface area contributed by atoms with Gasteiger partial charge in [-0.3, -0.25) is 0 Å². The summed E-state index contributed by atoms with van der Waals surface area (Å²) >= 11 is 2.71. The minimum atomic E-state index is 0.683. The van der Waals surface area contributed by atoms with E-state index in [1.165, 1.54) is 0 Å². The minimum absolute atomic E-state index is 0.683. The summed E-state index contributed by atoms with van der Waals surface area (Å²) in [6, 6.07) is 3.75. The molecule has 0 aliphatic carbocycles. The van der Waals surface area contributed by atoms with Gasteiger partial charge in [-0.15, -0.1) is 0 Å². The molecule has 0 saturated carbocycles. The molecule has 2 N–H and O–H groups in total. The Morgan fingerprint density at radius 2 is 2.44 bits per heavy atom. The van der Waals surface area contributed by atoms with E-state index in [9.17, 15) is 0 Å². The molecular weight excluding hydrogens is 179 g/mol. The molecule has 1 heterocycles. The average Bonchev–Trinajstić information content (AvgIpc) is 1.90. The van der Waals surface area contributed by atoms with Gasteiger partial charge in [0.15, 0.2) is 0 Å². The van der Waals surface area contributed by atoms with Gasteiger partial charge in [0, 0.05) is 0 Å². The molecule has 0 radical (unpaired) electrons. The monoisotopic (exact) mass is 186 g/mol. The summed E-state index contributed by atoms with van der Waals surface area (Å²) in [4.78, 5) is 3.89. The average molecular weight is 185 g/mol. The molecule has 0 aliphatic rings. The predicted molar refractivity (Wildman–Crippen MR) is 38.3 cm³/mol. The Hall–Kier alpha value is -0.661. The van der Waals surface area contributed by atoms with E-state index in [-0.39, 0.29) is 0 Å². The van der Waals surface area contributed by atoms with Crippen LogP contribution in [0.5, 0.6) is 0 Å². The van der Waals surface area contributed by atoms with Crippen LogP contribution in [0.1, 0.15) is 5.56 Å². The van der Waals surface area contributed by atoms with Crippen LogP contribution in [0.4, 0.5) is 0 Å². The quantitative estimate of drug-likeness (QED) is 0.609. The Balaban J connectivity index is 2.98. The van der Waals surface area contributed by atoms with Crippen molar-refractivity contribution in [3.63, 3.8) is 0 Å². The van der Waals surface area contributed by atoms with Crippen LogP contribution in [0.25, 0.3) is 0 Å². The molecule has 2 nitrogen and oxygen atoms in total. The number of nitrogens with zero attached hydrogens (tertiary/aromatic N) is 1. The van der Waals surface area contributed by atoms with Gasteiger partial charge in [0.25, 0.3) is 0 Å². The van der Waals surface area contributed by atoms with Crippen LogP contribution in [0.3, 0.4) is 0 Å². The van der Waals surface area contributed by atoms with Gasteiger partial charge >= 0.3 is 60.9 Å². The first-order valence-electron chi connectivity index (χ1n) is 2.50. The molecule has 0 saturated heterocycles. The van der Waals surface area contributed by atoms with Crippen molar-refractivity contribution in [1.82, 2.24) is 4.98 Å². The molecule has 0 bridgehead atoms. The molecule has 0 aliphatic heterocycles. The van der Waals surface area contributed by atoms with Gasteiger partial charge in [0.1, 0.15) is 0 Å². The van der Waals surface area contributed by atoms with Crippen LogP contribution in [-0.4, -0.2) is 25.1 Å². The number of nitrogens with two attached hydrogens (primary N) is 1. The zero-order chi connectivity index (χ0) is 6.69. The van der Waals surface area contributed by atoms with Gasteiger partial charge in [0.2, 0.25) is 0 Å². The first-order valence-corrected chi connectivity index (χ1v) is 3.36. The van der Waals surface area contributed by atoms with Crippen molar-refractivity contribution < 1.29 is 0 Å². The standard InChI is InChI=1S/C6H6N2Se/c7-6(9)5-2-1-3-8-4-5/h1-4H,(H2,7,9). The molecule has 0 fully saturated rings. The fourth-order valence-corrected chi connectivity index (χ4v) is 0.762. The second kappa shape index (κ2) is 2.76. The van der Waals surface area contributed by atoms with Gasteiger partial charge in [-0.05, 0) is 0 Å². The van der Waals surface area contributed by atoms with E-state index in [1.807, 2.05) is 12.1 Å². The predicted octanol–water partition coefficient (Wildman–Crippen LogP) is -0.313. The topological polar surface area (TPSA) is 38.9 Å². The third-order valence-corrected chi connectivity index (χ3v) is 1.44. The maximum atomic E-state index is 5.43. The molecule has 0 unspecified atom stereocenters. The number of aromatic nitrogens is 1. The molecule has 1 rings (SSSR count). The fraction of sp³-hybridized carbons (Fsp3) is 0. The molecule has 1 aromatic heterocycles. The van der Waals surface area contributed by atoms with E-state index in [1.54, 1.807) is 12.4 Å². The van der Waals surface area contributed by atoms with Gasteiger partial charge in [0.05, 0.1) is 0 Å². The second-order valence-electron chi connectivity index (χ2n) is 1.61. The van der Waals surface area contributed by atoms with Crippen molar-refractivity contribution in [3.05, 3.63) is 30.1 Å². The first kappa shape index (κ1) is 6.46. The van der Waals surface area contributed by atoms with Gasteiger partial charge in [-0.1, -0.05) is 0 Å². The van der Waals surface area contributed by atoms with Gasteiger partial charge in [-0.25, -0.2) is 0 Å². The number of pyridine rings is 1. The summed E-state index contributed by atoms with van der Waals surface area (Å²) in [5, 5.41) is 0. The summed E-state index contributed by atoms with van der Waals surface area (Å²) in [6.45, 7) is 0. The molecule has 0 atom stereocenters. The van der Waals surface area contributed by atoms with Crippen LogP contribution >= 0.6 is 0 Å². The van der Waals surface area contributed by atoms with E-state index in [0.29, 0.717) is 4.54 Å². The Kier molecular flexibility index (Phi) is 1.98. The van der Waals surface area contributed by atoms with Crippen molar-refractivity contribution in [2.75, 3.05) is 0 Å². The molecule has 46 valence electrons. The van der Waals surface area contributed by atoms with Crippen LogP contribution in [-0.2, 0) is 0 Å². The Bertz CT molecular complexity index is 208. The van der Waals surface area contributed by atoms with Crippen molar-refractivity contribution in [2.24, 2.45) is 5.73 Å². The molecular formula is C6H6N2Se. The van der Waals surface area contributed by atoms with E-state index in [2.05, 4.69) is 20.6 Å². The van der Waals surface area contributed by atoms with Crippen LogP contribution < -0.4 is 5.73 Å². The summed E-state index contributed by atoms with van der Waals surface area (Å²) in [5.41, 5.74) is 6.38. The summed E-state index contributed by atoms with van der Waals surface area (Å²) in [6.07, 6.45) is 3.43. The van der Waals surface area contributed by atoms with Crippen molar-refractivity contribution in [1.29, 1.82) is 0 Å².